The minimum Gasteiger partial charge on any atom is -0.465 e. The van der Waals surface area contributed by atoms with Gasteiger partial charge in [0.1, 0.15) is 6.33 Å². The van der Waals surface area contributed by atoms with Gasteiger partial charge in [-0.15, -0.1) is 5.10 Å². The summed E-state index contributed by atoms with van der Waals surface area (Å²) in [7, 11) is 0. The van der Waals surface area contributed by atoms with Gasteiger partial charge >= 0.3 is 6.09 Å². The molecule has 1 aliphatic rings. The van der Waals surface area contributed by atoms with Crippen LogP contribution in [0.1, 0.15) is 11.1 Å². The molecular weight excluding hydrogens is 326 g/mol. The van der Waals surface area contributed by atoms with Crippen molar-refractivity contribution in [3.8, 4) is 11.8 Å². The summed E-state index contributed by atoms with van der Waals surface area (Å²) >= 11 is 0. The molecule has 2 heterocycles. The number of benzene rings is 1. The molecule has 10 heteroatoms. The van der Waals surface area contributed by atoms with Gasteiger partial charge < -0.3 is 14.9 Å². The van der Waals surface area contributed by atoms with E-state index < -0.39 is 6.09 Å². The maximum atomic E-state index is 12.4. The van der Waals surface area contributed by atoms with E-state index in [4.69, 9.17) is 5.11 Å². The number of hydrogen-bond acceptors (Lipinski definition) is 6. The summed E-state index contributed by atoms with van der Waals surface area (Å²) in [5.41, 5.74) is 1.63. The predicted octanol–water partition coefficient (Wildman–Crippen LogP) is -0.101. The lowest BCUT2D eigenvalue weighted by atomic mass is 10.0. The Morgan fingerprint density at radius 2 is 1.92 bits per heavy atom. The van der Waals surface area contributed by atoms with E-state index >= 15 is 0 Å². The highest BCUT2D eigenvalue weighted by molar-refractivity contribution is 5.80. The SMILES string of the molecule is N#Cc1cc(-n2cnnn2)ccc1CC(=O)N1CCN(C(=O)O)CC1. The molecule has 0 spiro atoms. The average molecular weight is 341 g/mol. The zero-order chi connectivity index (χ0) is 17.8. The summed E-state index contributed by atoms with van der Waals surface area (Å²) in [6.45, 7) is 1.31. The number of amides is 2. The third-order valence-corrected chi connectivity index (χ3v) is 4.07. The lowest BCUT2D eigenvalue weighted by Gasteiger charge is -2.33. The fourth-order valence-corrected chi connectivity index (χ4v) is 2.67. The number of aromatic nitrogens is 4. The molecular formula is C15H15N7O3. The maximum Gasteiger partial charge on any atom is 0.407 e. The van der Waals surface area contributed by atoms with Gasteiger partial charge in [0.25, 0.3) is 0 Å². The summed E-state index contributed by atoms with van der Waals surface area (Å²) in [6.07, 6.45) is 0.534. The second-order valence-electron chi connectivity index (χ2n) is 5.53. The Bertz CT molecular complexity index is 820. The van der Waals surface area contributed by atoms with E-state index in [0.29, 0.717) is 43.0 Å². The van der Waals surface area contributed by atoms with E-state index in [1.54, 1.807) is 23.1 Å². The second kappa shape index (κ2) is 6.96. The van der Waals surface area contributed by atoms with Crippen molar-refractivity contribution < 1.29 is 14.7 Å². The quantitative estimate of drug-likeness (QED) is 0.825. The lowest BCUT2D eigenvalue weighted by molar-refractivity contribution is -0.132. The van der Waals surface area contributed by atoms with Gasteiger partial charge in [-0.25, -0.2) is 9.48 Å². The van der Waals surface area contributed by atoms with Gasteiger partial charge in [0.2, 0.25) is 5.91 Å². The first kappa shape index (κ1) is 16.4. The highest BCUT2D eigenvalue weighted by Crippen LogP contribution is 2.16. The Hall–Kier alpha value is -3.48. The van der Waals surface area contributed by atoms with E-state index in [1.807, 2.05) is 0 Å². The lowest BCUT2D eigenvalue weighted by Crippen LogP contribution is -2.50. The molecule has 0 aliphatic carbocycles. The van der Waals surface area contributed by atoms with Crippen LogP contribution in [-0.2, 0) is 11.2 Å². The van der Waals surface area contributed by atoms with E-state index in [1.165, 1.54) is 15.9 Å². The largest absolute Gasteiger partial charge is 0.465 e. The Morgan fingerprint density at radius 3 is 2.52 bits per heavy atom. The maximum absolute atomic E-state index is 12.4. The van der Waals surface area contributed by atoms with Gasteiger partial charge in [-0.2, -0.15) is 5.26 Å². The number of nitrogens with zero attached hydrogens (tertiary/aromatic N) is 7. The molecule has 0 unspecified atom stereocenters. The number of carboxylic acid groups (broad SMARTS) is 1. The van der Waals surface area contributed by atoms with Crippen molar-refractivity contribution in [2.45, 2.75) is 6.42 Å². The van der Waals surface area contributed by atoms with Crippen molar-refractivity contribution in [3.63, 3.8) is 0 Å². The van der Waals surface area contributed by atoms with Crippen LogP contribution < -0.4 is 0 Å². The van der Waals surface area contributed by atoms with Crippen LogP contribution in [0.5, 0.6) is 0 Å². The van der Waals surface area contributed by atoms with Crippen molar-refractivity contribution in [2.24, 2.45) is 0 Å². The third kappa shape index (κ3) is 3.55. The van der Waals surface area contributed by atoms with Gasteiger partial charge in [-0.3, -0.25) is 4.79 Å². The topological polar surface area (TPSA) is 128 Å². The number of rotatable bonds is 3. The van der Waals surface area contributed by atoms with Gasteiger partial charge in [0, 0.05) is 26.2 Å². The normalized spacial score (nSPS) is 14.2. The molecule has 2 amide bonds. The predicted molar refractivity (Wildman–Crippen MR) is 83.8 cm³/mol. The molecule has 0 saturated carbocycles. The molecule has 1 N–H and O–H groups in total. The minimum atomic E-state index is -0.975. The van der Waals surface area contributed by atoms with Crippen LogP contribution in [-0.4, -0.2) is 73.3 Å². The van der Waals surface area contributed by atoms with Gasteiger partial charge in [0.15, 0.2) is 0 Å². The van der Waals surface area contributed by atoms with Gasteiger partial charge in [0.05, 0.1) is 23.7 Å². The molecule has 0 bridgehead atoms. The Kier molecular flexibility index (Phi) is 4.56. The van der Waals surface area contributed by atoms with Crippen molar-refractivity contribution >= 4 is 12.0 Å². The van der Waals surface area contributed by atoms with Gasteiger partial charge in [-0.1, -0.05) is 6.07 Å². The number of carbonyl (C=O) groups is 2. The number of tetrazole rings is 1. The average Bonchev–Trinajstić information content (AvgIpc) is 3.16. The van der Waals surface area contributed by atoms with Crippen LogP contribution in [0, 0.1) is 11.3 Å². The van der Waals surface area contributed by atoms with Crippen molar-refractivity contribution in [3.05, 3.63) is 35.7 Å². The standard InChI is InChI=1S/C15H15N7O3/c16-9-12-7-13(22-10-17-18-19-22)2-1-11(12)8-14(23)20-3-5-21(6-4-20)15(24)25/h1-2,7,10H,3-6,8H2,(H,24,25). The minimum absolute atomic E-state index is 0.0891. The second-order valence-corrected chi connectivity index (χ2v) is 5.53. The van der Waals surface area contributed by atoms with Crippen LogP contribution in [0.3, 0.4) is 0 Å². The summed E-state index contributed by atoms with van der Waals surface area (Å²) < 4.78 is 1.43. The highest BCUT2D eigenvalue weighted by Gasteiger charge is 2.24. The third-order valence-electron chi connectivity index (χ3n) is 4.07. The van der Waals surface area contributed by atoms with Crippen molar-refractivity contribution in [2.75, 3.05) is 26.2 Å². The molecule has 1 aromatic heterocycles. The summed E-state index contributed by atoms with van der Waals surface area (Å²) in [4.78, 5) is 26.2. The highest BCUT2D eigenvalue weighted by atomic mass is 16.4. The van der Waals surface area contributed by atoms with Crippen LogP contribution in [0.4, 0.5) is 4.79 Å². The number of carbonyl (C=O) groups excluding carboxylic acids is 1. The molecule has 1 saturated heterocycles. The molecule has 2 aromatic rings. The molecule has 0 radical (unpaired) electrons. The summed E-state index contributed by atoms with van der Waals surface area (Å²) in [5, 5.41) is 29.2. The van der Waals surface area contributed by atoms with E-state index in [9.17, 15) is 14.9 Å². The Balaban J connectivity index is 1.69. The number of piperazine rings is 1. The van der Waals surface area contributed by atoms with E-state index in [-0.39, 0.29) is 12.3 Å². The first-order chi connectivity index (χ1) is 12.1. The molecule has 0 atom stereocenters. The van der Waals surface area contributed by atoms with E-state index in [0.717, 1.165) is 0 Å². The molecule has 1 fully saturated rings. The zero-order valence-electron chi connectivity index (χ0n) is 13.2. The Morgan fingerprint density at radius 1 is 1.20 bits per heavy atom. The van der Waals surface area contributed by atoms with Crippen LogP contribution in [0.15, 0.2) is 24.5 Å². The van der Waals surface area contributed by atoms with Gasteiger partial charge in [-0.05, 0) is 28.1 Å². The fraction of sp³-hybridized carbons (Fsp3) is 0.333. The molecule has 3 rings (SSSR count). The van der Waals surface area contributed by atoms with Crippen LogP contribution >= 0.6 is 0 Å². The molecule has 10 nitrogen and oxygen atoms in total. The zero-order valence-corrected chi connectivity index (χ0v) is 13.2. The van der Waals surface area contributed by atoms with Crippen molar-refractivity contribution in [1.82, 2.24) is 30.0 Å². The summed E-state index contributed by atoms with van der Waals surface area (Å²) in [6, 6.07) is 7.16. The molecule has 1 aliphatic heterocycles. The molecule has 25 heavy (non-hydrogen) atoms. The first-order valence-corrected chi connectivity index (χ1v) is 7.60. The van der Waals surface area contributed by atoms with Crippen molar-refractivity contribution in [1.29, 1.82) is 5.26 Å². The van der Waals surface area contributed by atoms with E-state index in [2.05, 4.69) is 21.6 Å². The molecule has 1 aromatic carbocycles. The number of nitriles is 1. The monoisotopic (exact) mass is 341 g/mol. The van der Waals surface area contributed by atoms with Crippen LogP contribution in [0.2, 0.25) is 0 Å². The fourth-order valence-electron chi connectivity index (χ4n) is 2.67. The first-order valence-electron chi connectivity index (χ1n) is 7.60. The molecule has 128 valence electrons. The summed E-state index contributed by atoms with van der Waals surface area (Å²) in [5.74, 6) is -0.128. The smallest absolute Gasteiger partial charge is 0.407 e. The Labute approximate surface area is 142 Å². The van der Waals surface area contributed by atoms with Crippen LogP contribution in [0.25, 0.3) is 5.69 Å². The number of hydrogen-bond donors (Lipinski definition) is 1.